The number of nitro benzene ring substituents is 1. The van der Waals surface area contributed by atoms with E-state index >= 15 is 0 Å². The number of hydrogen-bond donors (Lipinski definition) is 0. The predicted molar refractivity (Wildman–Crippen MR) is 126 cm³/mol. The Labute approximate surface area is 189 Å². The van der Waals surface area contributed by atoms with Crippen LogP contribution in [0.3, 0.4) is 0 Å². The molecule has 4 rings (SSSR count). The van der Waals surface area contributed by atoms with Crippen molar-refractivity contribution in [2.45, 2.75) is 16.6 Å². The third-order valence-corrected chi connectivity index (χ3v) is 5.46. The van der Waals surface area contributed by atoms with E-state index in [9.17, 15) is 10.1 Å². The maximum atomic E-state index is 11.7. The maximum absolute atomic E-state index is 11.7. The second-order valence-electron chi connectivity index (χ2n) is 6.74. The van der Waals surface area contributed by atoms with Gasteiger partial charge in [-0.2, -0.15) is 5.10 Å². The van der Waals surface area contributed by atoms with Crippen LogP contribution in [-0.2, 0) is 6.54 Å². The van der Waals surface area contributed by atoms with Gasteiger partial charge in [0.15, 0.2) is 5.16 Å². The minimum absolute atomic E-state index is 0.0132. The summed E-state index contributed by atoms with van der Waals surface area (Å²) in [6, 6.07) is 26.5. The van der Waals surface area contributed by atoms with E-state index < -0.39 is 4.92 Å². The van der Waals surface area contributed by atoms with Crippen LogP contribution in [0.5, 0.6) is 0 Å². The molecule has 0 bridgehead atoms. The third kappa shape index (κ3) is 5.55. The highest BCUT2D eigenvalue weighted by atomic mass is 32.2. The molecule has 32 heavy (non-hydrogen) atoms. The number of para-hydroxylation sites is 1. The lowest BCUT2D eigenvalue weighted by molar-refractivity contribution is -0.387. The first-order valence-electron chi connectivity index (χ1n) is 9.83. The van der Waals surface area contributed by atoms with Gasteiger partial charge in [-0.1, -0.05) is 54.6 Å². The van der Waals surface area contributed by atoms with Gasteiger partial charge in [-0.3, -0.25) is 15.1 Å². The maximum Gasteiger partial charge on any atom is 0.283 e. The average Bonchev–Trinajstić information content (AvgIpc) is 2.84. The van der Waals surface area contributed by atoms with E-state index in [0.717, 1.165) is 23.0 Å². The van der Waals surface area contributed by atoms with Gasteiger partial charge in [0.2, 0.25) is 0 Å². The summed E-state index contributed by atoms with van der Waals surface area (Å²) in [7, 11) is 0. The fourth-order valence-electron chi connectivity index (χ4n) is 2.97. The predicted octanol–water partition coefficient (Wildman–Crippen LogP) is 5.58. The number of aromatic nitrogens is 2. The molecular weight excluding hydrogens is 422 g/mol. The summed E-state index contributed by atoms with van der Waals surface area (Å²) in [6.45, 7) is 0.572. The Morgan fingerprint density at radius 3 is 2.31 bits per heavy atom. The highest BCUT2D eigenvalue weighted by Gasteiger charge is 2.16. The molecule has 7 nitrogen and oxygen atoms in total. The number of nitrogens with zero attached hydrogens (tertiary/aromatic N) is 5. The van der Waals surface area contributed by atoms with Crippen molar-refractivity contribution in [3.05, 3.63) is 119 Å². The molecule has 0 aliphatic rings. The van der Waals surface area contributed by atoms with Gasteiger partial charge in [-0.15, -0.1) is 0 Å². The van der Waals surface area contributed by atoms with Crippen molar-refractivity contribution < 1.29 is 4.92 Å². The van der Waals surface area contributed by atoms with Crippen LogP contribution in [0.2, 0.25) is 0 Å². The van der Waals surface area contributed by atoms with Crippen LogP contribution in [-0.4, -0.2) is 21.1 Å². The van der Waals surface area contributed by atoms with E-state index in [-0.39, 0.29) is 5.69 Å². The van der Waals surface area contributed by atoms with Gasteiger partial charge in [0.1, 0.15) is 0 Å². The molecule has 0 fully saturated rings. The zero-order valence-electron chi connectivity index (χ0n) is 17.0. The molecule has 0 aliphatic carbocycles. The number of rotatable bonds is 8. The lowest BCUT2D eigenvalue weighted by Gasteiger charge is -2.19. The fraction of sp³-hybridized carbons (Fsp3) is 0.0417. The molecule has 0 atom stereocenters. The number of nitro groups is 1. The third-order valence-electron chi connectivity index (χ3n) is 4.50. The van der Waals surface area contributed by atoms with Crippen molar-refractivity contribution in [1.82, 2.24) is 9.97 Å². The first-order valence-corrected chi connectivity index (χ1v) is 10.6. The zero-order chi connectivity index (χ0) is 22.2. The van der Waals surface area contributed by atoms with E-state index in [4.69, 9.17) is 0 Å². The van der Waals surface area contributed by atoms with Gasteiger partial charge in [0.25, 0.3) is 5.69 Å². The molecule has 3 aromatic carbocycles. The van der Waals surface area contributed by atoms with Gasteiger partial charge in [-0.25, -0.2) is 9.97 Å². The quantitative estimate of drug-likeness (QED) is 0.154. The molecule has 4 aromatic rings. The lowest BCUT2D eigenvalue weighted by atomic mass is 10.2. The van der Waals surface area contributed by atoms with Crippen LogP contribution < -0.4 is 5.01 Å². The van der Waals surface area contributed by atoms with Crippen molar-refractivity contribution in [3.8, 4) is 0 Å². The molecule has 0 unspecified atom stereocenters. The summed E-state index contributed by atoms with van der Waals surface area (Å²) in [5.41, 5.74) is 2.65. The smallest absolute Gasteiger partial charge is 0.261 e. The molecule has 0 radical (unpaired) electrons. The molecular formula is C24H19N5O2S. The van der Waals surface area contributed by atoms with Gasteiger partial charge < -0.3 is 0 Å². The summed E-state index contributed by atoms with van der Waals surface area (Å²) >= 11 is 1.16. The van der Waals surface area contributed by atoms with Crippen molar-refractivity contribution in [1.29, 1.82) is 0 Å². The Morgan fingerprint density at radius 2 is 1.62 bits per heavy atom. The van der Waals surface area contributed by atoms with Crippen molar-refractivity contribution in [2.75, 3.05) is 5.01 Å². The molecule has 0 saturated carbocycles. The molecule has 0 aliphatic heterocycles. The first kappa shape index (κ1) is 21.2. The van der Waals surface area contributed by atoms with E-state index in [2.05, 4.69) is 15.1 Å². The number of hydrazone groups is 1. The van der Waals surface area contributed by atoms with Crippen LogP contribution >= 0.6 is 11.8 Å². The first-order chi connectivity index (χ1) is 15.7. The van der Waals surface area contributed by atoms with Crippen LogP contribution in [0.4, 0.5) is 11.4 Å². The molecule has 1 heterocycles. The van der Waals surface area contributed by atoms with E-state index in [1.807, 2.05) is 65.7 Å². The van der Waals surface area contributed by atoms with E-state index in [0.29, 0.717) is 22.2 Å². The monoisotopic (exact) mass is 441 g/mol. The van der Waals surface area contributed by atoms with Crippen LogP contribution in [0, 0.1) is 10.1 Å². The molecule has 158 valence electrons. The summed E-state index contributed by atoms with van der Waals surface area (Å²) in [5, 5.41) is 18.6. The van der Waals surface area contributed by atoms with Crippen molar-refractivity contribution in [3.63, 3.8) is 0 Å². The Bertz CT molecular complexity index is 1210. The molecule has 1 aromatic heterocycles. The molecule has 0 spiro atoms. The molecule has 0 amide bonds. The number of hydrogen-bond acceptors (Lipinski definition) is 7. The Kier molecular flexibility index (Phi) is 6.84. The van der Waals surface area contributed by atoms with Crippen LogP contribution in [0.1, 0.15) is 11.1 Å². The normalized spacial score (nSPS) is 10.9. The Balaban J connectivity index is 1.60. The molecule has 8 heteroatoms. The van der Waals surface area contributed by atoms with Gasteiger partial charge in [-0.05, 0) is 41.6 Å². The van der Waals surface area contributed by atoms with E-state index in [1.54, 1.807) is 36.8 Å². The van der Waals surface area contributed by atoms with Gasteiger partial charge in [0, 0.05) is 24.0 Å². The number of anilines is 1. The SMILES string of the molecule is O=[N+]([O-])c1cc(C=NN(Cc2ccccc2)c2ccccc2)ccc1Sc1ncccn1. The van der Waals surface area contributed by atoms with Crippen molar-refractivity contribution in [2.24, 2.45) is 5.10 Å². The number of benzene rings is 3. The average molecular weight is 442 g/mol. The Hall–Kier alpha value is -4.04. The molecule has 0 saturated heterocycles. The van der Waals surface area contributed by atoms with Crippen molar-refractivity contribution >= 4 is 29.4 Å². The largest absolute Gasteiger partial charge is 0.283 e. The van der Waals surface area contributed by atoms with Crippen LogP contribution in [0.25, 0.3) is 0 Å². The summed E-state index contributed by atoms with van der Waals surface area (Å²) in [5.74, 6) is 0. The highest BCUT2D eigenvalue weighted by molar-refractivity contribution is 7.99. The fourth-order valence-corrected chi connectivity index (χ4v) is 3.77. The van der Waals surface area contributed by atoms with Crippen LogP contribution in [0.15, 0.2) is 112 Å². The summed E-state index contributed by atoms with van der Waals surface area (Å²) in [6.07, 6.45) is 4.84. The minimum Gasteiger partial charge on any atom is -0.261 e. The second-order valence-corrected chi connectivity index (χ2v) is 7.75. The topological polar surface area (TPSA) is 84.5 Å². The van der Waals surface area contributed by atoms with Gasteiger partial charge >= 0.3 is 0 Å². The highest BCUT2D eigenvalue weighted by Crippen LogP contribution is 2.33. The Morgan fingerprint density at radius 1 is 0.938 bits per heavy atom. The minimum atomic E-state index is -0.401. The lowest BCUT2D eigenvalue weighted by Crippen LogP contribution is -2.16. The summed E-state index contributed by atoms with van der Waals surface area (Å²) < 4.78 is 0. The molecule has 0 N–H and O–H groups in total. The standard InChI is InChI=1S/C24H19N5O2S/c30-29(31)22-16-20(12-13-23(22)32-24-25-14-7-15-26-24)17-27-28(21-10-5-2-6-11-21)18-19-8-3-1-4-9-19/h1-17H,18H2. The van der Waals surface area contributed by atoms with Gasteiger partial charge in [0.05, 0.1) is 28.3 Å². The summed E-state index contributed by atoms with van der Waals surface area (Å²) in [4.78, 5) is 20.0. The van der Waals surface area contributed by atoms with E-state index in [1.165, 1.54) is 6.07 Å². The second kappa shape index (κ2) is 10.3. The zero-order valence-corrected chi connectivity index (χ0v) is 17.8.